The van der Waals surface area contributed by atoms with Crippen LogP contribution in [-0.4, -0.2) is 51.6 Å². The van der Waals surface area contributed by atoms with Crippen molar-refractivity contribution in [3.63, 3.8) is 0 Å². The molecule has 0 spiro atoms. The van der Waals surface area contributed by atoms with Crippen molar-refractivity contribution in [2.75, 3.05) is 34.4 Å². The lowest BCUT2D eigenvalue weighted by Gasteiger charge is -2.24. The molecule has 2 aromatic carbocycles. The number of hydrogen-bond donors (Lipinski definition) is 2. The summed E-state index contributed by atoms with van der Waals surface area (Å²) in [7, 11) is -1.44. The predicted octanol–water partition coefficient (Wildman–Crippen LogP) is 1.57. The monoisotopic (exact) mass is 452 g/mol. The average Bonchev–Trinajstić information content (AvgIpc) is 2.78. The first-order chi connectivity index (χ1) is 14.4. The van der Waals surface area contributed by atoms with Crippen molar-refractivity contribution in [2.45, 2.75) is 30.6 Å². The number of aryl methyl sites for hydroxylation is 2. The maximum atomic E-state index is 12.1. The van der Waals surface area contributed by atoms with Gasteiger partial charge in [-0.15, -0.1) is 0 Å². The van der Waals surface area contributed by atoms with Gasteiger partial charge in [-0.05, 0) is 48.9 Å². The quantitative estimate of drug-likeness (QED) is 0.354. The Balaban J connectivity index is 1.84. The van der Waals surface area contributed by atoms with Crippen molar-refractivity contribution in [2.24, 2.45) is 5.73 Å². The average molecular weight is 453 g/mol. The second-order valence-electron chi connectivity index (χ2n) is 6.90. The first kappa shape index (κ1) is 24.7. The summed E-state index contributed by atoms with van der Waals surface area (Å²) in [6.45, 7) is 0.505. The molecule has 30 heavy (non-hydrogen) atoms. The van der Waals surface area contributed by atoms with Crippen LogP contribution >= 0.6 is 0 Å². The summed E-state index contributed by atoms with van der Waals surface area (Å²) in [6, 6.07) is 15.2. The van der Waals surface area contributed by atoms with Crippen LogP contribution in [0.2, 0.25) is 0 Å². The molecule has 3 N–H and O–H groups in total. The Hall–Kier alpha value is -1.59. The Labute approximate surface area is 181 Å². The third-order valence-electron chi connectivity index (χ3n) is 4.96. The fourth-order valence-electron chi connectivity index (χ4n) is 3.25. The zero-order valence-electron chi connectivity index (χ0n) is 17.9. The van der Waals surface area contributed by atoms with E-state index in [0.717, 1.165) is 36.4 Å². The van der Waals surface area contributed by atoms with Crippen molar-refractivity contribution in [1.29, 1.82) is 0 Å². The van der Waals surface area contributed by atoms with E-state index in [9.17, 15) is 8.42 Å². The summed E-state index contributed by atoms with van der Waals surface area (Å²) in [5, 5.41) is 0.940. The van der Waals surface area contributed by atoms with Gasteiger partial charge in [0.15, 0.2) is 0 Å². The molecule has 0 aliphatic heterocycles. The molecule has 9 heteroatoms. The molecule has 0 fully saturated rings. The molecule has 166 valence electrons. The highest BCUT2D eigenvalue weighted by atomic mass is 32.2. The highest BCUT2D eigenvalue weighted by molar-refractivity contribution is 7.89. The Morgan fingerprint density at radius 3 is 1.73 bits per heavy atom. The molecule has 0 unspecified atom stereocenters. The van der Waals surface area contributed by atoms with Crippen LogP contribution in [0.3, 0.4) is 0 Å². The van der Waals surface area contributed by atoms with Gasteiger partial charge in [-0.1, -0.05) is 36.4 Å². The lowest BCUT2D eigenvalue weighted by atomic mass is 10.0. The smallest absolute Gasteiger partial charge is 0.373 e. The summed E-state index contributed by atoms with van der Waals surface area (Å²) >= 11 is 0. The maximum Gasteiger partial charge on any atom is 0.536 e. The molecule has 0 saturated heterocycles. The first-order valence-electron chi connectivity index (χ1n) is 9.94. The Kier molecular flexibility index (Phi) is 9.63. The zero-order chi connectivity index (χ0) is 22.0. The fraction of sp³-hybridized carbons (Fsp3) is 0.429. The van der Waals surface area contributed by atoms with Gasteiger partial charge < -0.3 is 19.0 Å². The second-order valence-corrected chi connectivity index (χ2v) is 11.6. The van der Waals surface area contributed by atoms with Crippen molar-refractivity contribution < 1.29 is 21.7 Å². The summed E-state index contributed by atoms with van der Waals surface area (Å²) < 4.78 is 43.1. The van der Waals surface area contributed by atoms with Gasteiger partial charge in [0.1, 0.15) is 0 Å². The lowest BCUT2D eigenvalue weighted by Crippen LogP contribution is -2.54. The van der Waals surface area contributed by atoms with Crippen LogP contribution in [0, 0.1) is 0 Å². The number of benzene rings is 2. The Morgan fingerprint density at radius 2 is 1.30 bits per heavy atom. The largest absolute Gasteiger partial charge is 0.536 e. The minimum Gasteiger partial charge on any atom is -0.373 e. The zero-order valence-corrected chi connectivity index (χ0v) is 19.7. The van der Waals surface area contributed by atoms with Crippen LogP contribution in [0.1, 0.15) is 24.0 Å². The minimum atomic E-state index is -3.47. The van der Waals surface area contributed by atoms with Crippen LogP contribution in [0.15, 0.2) is 53.4 Å². The number of nitrogens with one attached hydrogen (secondary N) is 1. The molecule has 7 nitrogen and oxygen atoms in total. The molecule has 0 aliphatic rings. The molecule has 0 aliphatic carbocycles. The van der Waals surface area contributed by atoms with Crippen LogP contribution in [0.25, 0.3) is 0 Å². The van der Waals surface area contributed by atoms with Gasteiger partial charge in [-0.25, -0.2) is 13.1 Å². The van der Waals surface area contributed by atoms with Crippen molar-refractivity contribution in [3.05, 3.63) is 59.7 Å². The molecule has 2 rings (SSSR count). The third kappa shape index (κ3) is 6.45. The van der Waals surface area contributed by atoms with E-state index in [1.54, 1.807) is 33.5 Å². The van der Waals surface area contributed by atoms with Crippen LogP contribution in [0.5, 0.6) is 0 Å². The highest BCUT2D eigenvalue weighted by Crippen LogP contribution is 2.14. The van der Waals surface area contributed by atoms with Gasteiger partial charge in [-0.3, -0.25) is 0 Å². The van der Waals surface area contributed by atoms with Gasteiger partial charge in [0.25, 0.3) is 0 Å². The van der Waals surface area contributed by atoms with E-state index in [1.807, 2.05) is 24.3 Å². The van der Waals surface area contributed by atoms with Crippen molar-refractivity contribution >= 4 is 24.0 Å². The Bertz CT molecular complexity index is 861. The number of sulfonamides is 1. The van der Waals surface area contributed by atoms with E-state index in [0.29, 0.717) is 0 Å². The second kappa shape index (κ2) is 11.7. The molecule has 2 aromatic rings. The maximum absolute atomic E-state index is 12.1. The van der Waals surface area contributed by atoms with Gasteiger partial charge >= 0.3 is 8.80 Å². The van der Waals surface area contributed by atoms with E-state index in [2.05, 4.69) is 16.9 Å². The van der Waals surface area contributed by atoms with E-state index in [1.165, 1.54) is 5.56 Å². The summed E-state index contributed by atoms with van der Waals surface area (Å²) in [5.74, 6) is 0. The van der Waals surface area contributed by atoms with E-state index in [4.69, 9.17) is 19.0 Å². The number of rotatable bonds is 13. The van der Waals surface area contributed by atoms with Gasteiger partial charge in [0.05, 0.1) is 4.90 Å². The fourth-order valence-corrected chi connectivity index (χ4v) is 6.08. The van der Waals surface area contributed by atoms with Crippen molar-refractivity contribution in [1.82, 2.24) is 4.72 Å². The molecule has 0 saturated carbocycles. The molecule has 0 heterocycles. The Morgan fingerprint density at radius 1 is 0.833 bits per heavy atom. The number of hydrogen-bond acceptors (Lipinski definition) is 6. The van der Waals surface area contributed by atoms with Crippen LogP contribution in [-0.2, 0) is 36.1 Å². The minimum absolute atomic E-state index is 0.233. The molecule has 0 atom stereocenters. The predicted molar refractivity (Wildman–Crippen MR) is 120 cm³/mol. The molecular formula is C21H32N2O5SSi. The summed E-state index contributed by atoms with van der Waals surface area (Å²) in [6.07, 6.45) is 3.93. The van der Waals surface area contributed by atoms with Crippen molar-refractivity contribution in [3.8, 4) is 0 Å². The molecule has 0 bridgehead atoms. The van der Waals surface area contributed by atoms with Gasteiger partial charge in [0, 0.05) is 39.6 Å². The molecule has 0 radical (unpaired) electrons. The normalized spacial score (nSPS) is 12.3. The SMILES string of the molecule is CO[Si](OC)(OC)c1ccc(CCCCc2ccc(S(=O)(=O)NCCN)cc2)cc1. The van der Waals surface area contributed by atoms with E-state index in [-0.39, 0.29) is 18.0 Å². The van der Waals surface area contributed by atoms with Crippen LogP contribution in [0.4, 0.5) is 0 Å². The number of unbranched alkanes of at least 4 members (excludes halogenated alkanes) is 1. The van der Waals surface area contributed by atoms with Crippen LogP contribution < -0.4 is 15.6 Å². The third-order valence-corrected chi connectivity index (χ3v) is 9.09. The highest BCUT2D eigenvalue weighted by Gasteiger charge is 2.40. The van der Waals surface area contributed by atoms with E-state index < -0.39 is 18.8 Å². The van der Waals surface area contributed by atoms with Gasteiger partial charge in [-0.2, -0.15) is 0 Å². The molecule has 0 amide bonds. The van der Waals surface area contributed by atoms with E-state index >= 15 is 0 Å². The summed E-state index contributed by atoms with van der Waals surface area (Å²) in [4.78, 5) is 0.266. The standard InChI is InChI=1S/C21H32N2O5SSi/c1-26-30(27-2,28-3)21-14-10-19(11-15-21)7-5-4-6-18-8-12-20(13-9-18)29(24,25)23-17-16-22/h8-15,23H,4-7,16-17,22H2,1-3H3. The molecule has 0 aromatic heterocycles. The number of nitrogens with two attached hydrogens (primary N) is 1. The topological polar surface area (TPSA) is 99.9 Å². The first-order valence-corrected chi connectivity index (χ1v) is 13.1. The van der Waals surface area contributed by atoms with Gasteiger partial charge in [0.2, 0.25) is 10.0 Å². The molecular weight excluding hydrogens is 420 g/mol. The lowest BCUT2D eigenvalue weighted by molar-refractivity contribution is 0.140. The summed E-state index contributed by atoms with van der Waals surface area (Å²) in [5.41, 5.74) is 7.72.